The van der Waals surface area contributed by atoms with Gasteiger partial charge in [0.05, 0.1) is 23.9 Å². The Kier molecular flexibility index (Phi) is 4.30. The molecule has 0 saturated heterocycles. The van der Waals surface area contributed by atoms with Gasteiger partial charge in [-0.15, -0.1) is 0 Å². The molecule has 0 heterocycles. The Morgan fingerprint density at radius 3 is 2.37 bits per heavy atom. The number of benzene rings is 2. The molecule has 0 atom stereocenters. The summed E-state index contributed by atoms with van der Waals surface area (Å²) in [6.45, 7) is 2.62. The van der Waals surface area contributed by atoms with Crippen molar-refractivity contribution < 1.29 is 4.74 Å². The number of rotatable bonds is 4. The molecule has 3 heteroatoms. The summed E-state index contributed by atoms with van der Waals surface area (Å²) in [5.74, 6) is 0.847. The van der Waals surface area contributed by atoms with Gasteiger partial charge in [-0.2, -0.15) is 5.26 Å². The third kappa shape index (κ3) is 3.68. The van der Waals surface area contributed by atoms with E-state index in [-0.39, 0.29) is 0 Å². The molecule has 0 aliphatic carbocycles. The van der Waals surface area contributed by atoms with E-state index in [4.69, 9.17) is 10.00 Å². The lowest BCUT2D eigenvalue weighted by atomic mass is 10.2. The van der Waals surface area contributed by atoms with E-state index in [9.17, 15) is 0 Å². The van der Waals surface area contributed by atoms with Gasteiger partial charge >= 0.3 is 0 Å². The molecular formula is C16H14N2O. The average molecular weight is 250 g/mol. The van der Waals surface area contributed by atoms with Gasteiger partial charge < -0.3 is 4.74 Å². The molecule has 0 fully saturated rings. The highest BCUT2D eigenvalue weighted by molar-refractivity contribution is 5.82. The predicted octanol–water partition coefficient (Wildman–Crippen LogP) is 3.71. The molecule has 0 aromatic heterocycles. The molecule has 0 amide bonds. The molecule has 0 radical (unpaired) electrons. The molecule has 19 heavy (non-hydrogen) atoms. The van der Waals surface area contributed by atoms with E-state index in [1.54, 1.807) is 18.3 Å². The van der Waals surface area contributed by atoms with Crippen LogP contribution in [0.25, 0.3) is 0 Å². The number of hydrogen-bond acceptors (Lipinski definition) is 3. The van der Waals surface area contributed by atoms with Crippen molar-refractivity contribution in [1.29, 1.82) is 5.26 Å². The number of nitrogens with zero attached hydrogens (tertiary/aromatic N) is 2. The van der Waals surface area contributed by atoms with Crippen LogP contribution < -0.4 is 4.74 Å². The lowest BCUT2D eigenvalue weighted by Gasteiger charge is -2.02. The van der Waals surface area contributed by atoms with Crippen LogP contribution in [0.15, 0.2) is 53.5 Å². The van der Waals surface area contributed by atoms with Crippen LogP contribution >= 0.6 is 0 Å². The molecule has 0 aliphatic rings. The molecular weight excluding hydrogens is 236 g/mol. The first-order valence-corrected chi connectivity index (χ1v) is 6.09. The molecule has 0 N–H and O–H groups in total. The third-order valence-corrected chi connectivity index (χ3v) is 2.55. The van der Waals surface area contributed by atoms with Crippen molar-refractivity contribution in [2.45, 2.75) is 6.92 Å². The van der Waals surface area contributed by atoms with E-state index in [2.05, 4.69) is 11.1 Å². The van der Waals surface area contributed by atoms with Crippen LogP contribution in [0.1, 0.15) is 18.1 Å². The highest BCUT2D eigenvalue weighted by atomic mass is 16.5. The number of aliphatic imine (C=N–C) groups is 1. The highest BCUT2D eigenvalue weighted by Gasteiger charge is 1.93. The summed E-state index contributed by atoms with van der Waals surface area (Å²) in [5.41, 5.74) is 2.49. The maximum Gasteiger partial charge on any atom is 0.119 e. The Balaban J connectivity index is 2.07. The van der Waals surface area contributed by atoms with Crippen LogP contribution in [0.4, 0.5) is 5.69 Å². The van der Waals surface area contributed by atoms with E-state index in [1.165, 1.54) is 0 Å². The van der Waals surface area contributed by atoms with Crippen molar-refractivity contribution >= 4 is 11.9 Å². The van der Waals surface area contributed by atoms with Crippen molar-refractivity contribution in [2.24, 2.45) is 4.99 Å². The summed E-state index contributed by atoms with van der Waals surface area (Å²) in [4.78, 5) is 4.37. The Labute approximate surface area is 112 Å². The van der Waals surface area contributed by atoms with E-state index in [1.807, 2.05) is 43.3 Å². The van der Waals surface area contributed by atoms with Gasteiger partial charge in [-0.1, -0.05) is 12.1 Å². The Bertz CT molecular complexity index is 592. The zero-order valence-corrected chi connectivity index (χ0v) is 10.7. The summed E-state index contributed by atoms with van der Waals surface area (Å²) >= 11 is 0. The van der Waals surface area contributed by atoms with Crippen LogP contribution in [0.2, 0.25) is 0 Å². The van der Waals surface area contributed by atoms with Gasteiger partial charge in [0.1, 0.15) is 5.75 Å². The first kappa shape index (κ1) is 12.8. The first-order chi connectivity index (χ1) is 9.31. The van der Waals surface area contributed by atoms with Gasteiger partial charge in [0.15, 0.2) is 0 Å². The summed E-state index contributed by atoms with van der Waals surface area (Å²) in [7, 11) is 0. The highest BCUT2D eigenvalue weighted by Crippen LogP contribution is 2.18. The summed E-state index contributed by atoms with van der Waals surface area (Å²) in [5, 5.41) is 8.71. The van der Waals surface area contributed by atoms with Crippen molar-refractivity contribution in [3.05, 3.63) is 59.7 Å². The van der Waals surface area contributed by atoms with Crippen molar-refractivity contribution in [3.8, 4) is 11.8 Å². The first-order valence-electron chi connectivity index (χ1n) is 6.09. The fourth-order valence-electron chi connectivity index (χ4n) is 1.59. The normalized spacial score (nSPS) is 10.3. The number of hydrogen-bond donors (Lipinski definition) is 0. The number of ether oxygens (including phenoxy) is 1. The van der Waals surface area contributed by atoms with E-state index in [0.717, 1.165) is 17.0 Å². The van der Waals surface area contributed by atoms with Gasteiger partial charge in [0, 0.05) is 6.21 Å². The van der Waals surface area contributed by atoms with Crippen LogP contribution in [-0.2, 0) is 0 Å². The Morgan fingerprint density at radius 1 is 1.11 bits per heavy atom. The molecule has 94 valence electrons. The zero-order chi connectivity index (χ0) is 13.5. The summed E-state index contributed by atoms with van der Waals surface area (Å²) in [6.07, 6.45) is 1.77. The lowest BCUT2D eigenvalue weighted by Crippen LogP contribution is -1.89. The molecule has 0 aliphatic heterocycles. The largest absolute Gasteiger partial charge is 0.494 e. The van der Waals surface area contributed by atoms with Gasteiger partial charge in [-0.3, -0.25) is 4.99 Å². The maximum absolute atomic E-state index is 8.71. The molecule has 3 nitrogen and oxygen atoms in total. The predicted molar refractivity (Wildman–Crippen MR) is 76.0 cm³/mol. The van der Waals surface area contributed by atoms with Crippen LogP contribution in [0.3, 0.4) is 0 Å². The van der Waals surface area contributed by atoms with E-state index >= 15 is 0 Å². The van der Waals surface area contributed by atoms with Gasteiger partial charge in [-0.25, -0.2) is 0 Å². The van der Waals surface area contributed by atoms with Gasteiger partial charge in [-0.05, 0) is 48.9 Å². The standard InChI is InChI=1S/C16H14N2O/c1-2-19-16-9-7-15(8-10-16)18-12-14-5-3-13(11-17)4-6-14/h3-10,12H,2H2,1H3/b18-12+. The number of nitriles is 1. The van der Waals surface area contributed by atoms with Crippen molar-refractivity contribution in [1.82, 2.24) is 0 Å². The molecule has 0 bridgehead atoms. The fourth-order valence-corrected chi connectivity index (χ4v) is 1.59. The molecule has 2 aromatic rings. The van der Waals surface area contributed by atoms with Crippen LogP contribution in [0, 0.1) is 11.3 Å². The second kappa shape index (κ2) is 6.36. The summed E-state index contributed by atoms with van der Waals surface area (Å²) in [6, 6.07) is 17.0. The second-order valence-electron chi connectivity index (χ2n) is 3.92. The smallest absolute Gasteiger partial charge is 0.119 e. The fraction of sp³-hybridized carbons (Fsp3) is 0.125. The second-order valence-corrected chi connectivity index (χ2v) is 3.92. The molecule has 0 saturated carbocycles. The van der Waals surface area contributed by atoms with Gasteiger partial charge in [0.2, 0.25) is 0 Å². The SMILES string of the molecule is CCOc1ccc(/N=C/c2ccc(C#N)cc2)cc1. The monoisotopic (exact) mass is 250 g/mol. The third-order valence-electron chi connectivity index (χ3n) is 2.55. The van der Waals surface area contributed by atoms with E-state index < -0.39 is 0 Å². The Morgan fingerprint density at radius 2 is 1.79 bits per heavy atom. The molecule has 2 rings (SSSR count). The zero-order valence-electron chi connectivity index (χ0n) is 10.7. The summed E-state index contributed by atoms with van der Waals surface area (Å²) < 4.78 is 5.37. The van der Waals surface area contributed by atoms with Gasteiger partial charge in [0.25, 0.3) is 0 Å². The maximum atomic E-state index is 8.71. The van der Waals surface area contributed by atoms with Crippen molar-refractivity contribution in [3.63, 3.8) is 0 Å². The topological polar surface area (TPSA) is 45.4 Å². The minimum absolute atomic E-state index is 0.651. The van der Waals surface area contributed by atoms with Crippen molar-refractivity contribution in [2.75, 3.05) is 6.61 Å². The minimum atomic E-state index is 0.651. The molecule has 0 unspecified atom stereocenters. The Hall–Kier alpha value is -2.60. The quantitative estimate of drug-likeness (QED) is 0.776. The molecule has 2 aromatic carbocycles. The van der Waals surface area contributed by atoms with Crippen LogP contribution in [-0.4, -0.2) is 12.8 Å². The van der Waals surface area contributed by atoms with E-state index in [0.29, 0.717) is 12.2 Å². The molecule has 0 spiro atoms. The minimum Gasteiger partial charge on any atom is -0.494 e. The lowest BCUT2D eigenvalue weighted by molar-refractivity contribution is 0.340. The van der Waals surface area contributed by atoms with Crippen LogP contribution in [0.5, 0.6) is 5.75 Å². The average Bonchev–Trinajstić information content (AvgIpc) is 2.47.